The third kappa shape index (κ3) is 5.19. The molecule has 0 aliphatic carbocycles. The Bertz CT molecular complexity index is 1670. The average molecular weight is 518 g/mol. The summed E-state index contributed by atoms with van der Waals surface area (Å²) in [4.78, 5) is 30.7. The van der Waals surface area contributed by atoms with Crippen LogP contribution in [0.1, 0.15) is 36.0 Å². The highest BCUT2D eigenvalue weighted by Crippen LogP contribution is 2.29. The molecule has 0 spiro atoms. The van der Waals surface area contributed by atoms with Crippen molar-refractivity contribution in [1.29, 1.82) is 0 Å². The number of aryl methyl sites for hydroxylation is 1. The molecule has 4 aromatic carbocycles. The maximum atomic E-state index is 13.6. The minimum Gasteiger partial charge on any atom is -0.336 e. The summed E-state index contributed by atoms with van der Waals surface area (Å²) in [6.45, 7) is 5.25. The molecule has 6 rings (SSSR count). The molecule has 0 bridgehead atoms. The Hall–Kier alpha value is -3.96. The summed E-state index contributed by atoms with van der Waals surface area (Å²) >= 11 is 0. The van der Waals surface area contributed by atoms with Crippen LogP contribution in [0.5, 0.6) is 0 Å². The normalized spacial score (nSPS) is 14.4. The molecule has 0 unspecified atom stereocenters. The molecule has 1 aliphatic rings. The van der Waals surface area contributed by atoms with Gasteiger partial charge in [-0.2, -0.15) is 0 Å². The zero-order valence-electron chi connectivity index (χ0n) is 22.4. The number of piperazine rings is 1. The number of carbonyl (C=O) groups excluding carboxylic acids is 1. The predicted molar refractivity (Wildman–Crippen MR) is 160 cm³/mol. The van der Waals surface area contributed by atoms with Gasteiger partial charge in [-0.05, 0) is 48.4 Å². The van der Waals surface area contributed by atoms with Gasteiger partial charge in [0.2, 0.25) is 0 Å². The number of nitrogens with zero attached hydrogens (tertiary/aromatic N) is 3. The van der Waals surface area contributed by atoms with Crippen LogP contribution >= 0.6 is 0 Å². The number of unbranched alkanes of at least 4 members (excludes halogenated alkanes) is 3. The highest BCUT2D eigenvalue weighted by Gasteiger charge is 2.21. The van der Waals surface area contributed by atoms with Gasteiger partial charge >= 0.3 is 0 Å². The zero-order chi connectivity index (χ0) is 26.6. The molecular formula is C34H35N3O2. The lowest BCUT2D eigenvalue weighted by Crippen LogP contribution is -2.48. The molecule has 5 aromatic rings. The van der Waals surface area contributed by atoms with Gasteiger partial charge in [-0.1, -0.05) is 85.6 Å². The molecule has 1 amide bonds. The number of amides is 1. The topological polar surface area (TPSA) is 45.6 Å². The van der Waals surface area contributed by atoms with Gasteiger partial charge in [0.15, 0.2) is 0 Å². The molecule has 39 heavy (non-hydrogen) atoms. The number of hydrogen-bond acceptors (Lipinski definition) is 3. The second-order valence-electron chi connectivity index (χ2n) is 10.6. The van der Waals surface area contributed by atoms with E-state index >= 15 is 0 Å². The van der Waals surface area contributed by atoms with E-state index in [1.807, 2.05) is 58.0 Å². The maximum Gasteiger partial charge on any atom is 0.258 e. The first kappa shape index (κ1) is 25.3. The van der Waals surface area contributed by atoms with Gasteiger partial charge in [0.1, 0.15) is 0 Å². The van der Waals surface area contributed by atoms with Crippen molar-refractivity contribution in [2.45, 2.75) is 32.2 Å². The van der Waals surface area contributed by atoms with Crippen LogP contribution in [-0.2, 0) is 6.54 Å². The summed E-state index contributed by atoms with van der Waals surface area (Å²) in [5, 5.41) is 5.28. The van der Waals surface area contributed by atoms with E-state index in [9.17, 15) is 9.59 Å². The van der Waals surface area contributed by atoms with Crippen LogP contribution in [0, 0.1) is 0 Å². The summed E-state index contributed by atoms with van der Waals surface area (Å²) in [6, 6.07) is 30.3. The van der Waals surface area contributed by atoms with Crippen LogP contribution in [0.2, 0.25) is 0 Å². The van der Waals surface area contributed by atoms with E-state index in [-0.39, 0.29) is 11.5 Å². The molecule has 0 atom stereocenters. The van der Waals surface area contributed by atoms with E-state index < -0.39 is 0 Å². The minimum atomic E-state index is 0.109. The third-order valence-electron chi connectivity index (χ3n) is 8.15. The average Bonchev–Trinajstić information content (AvgIpc) is 3.00. The Labute approximate surface area is 229 Å². The first-order valence-electron chi connectivity index (χ1n) is 14.2. The van der Waals surface area contributed by atoms with E-state index in [0.29, 0.717) is 0 Å². The first-order valence-corrected chi connectivity index (χ1v) is 14.2. The van der Waals surface area contributed by atoms with Crippen molar-refractivity contribution in [3.8, 4) is 0 Å². The van der Waals surface area contributed by atoms with E-state index in [1.54, 1.807) is 0 Å². The molecule has 1 aliphatic heterocycles. The Morgan fingerprint density at radius 2 is 1.23 bits per heavy atom. The number of rotatable bonds is 8. The monoisotopic (exact) mass is 517 g/mol. The van der Waals surface area contributed by atoms with Gasteiger partial charge in [0.25, 0.3) is 11.5 Å². The van der Waals surface area contributed by atoms with E-state index in [0.717, 1.165) is 97.6 Å². The van der Waals surface area contributed by atoms with Crippen LogP contribution in [-0.4, -0.2) is 53.0 Å². The van der Waals surface area contributed by atoms with Crippen LogP contribution in [0.4, 0.5) is 0 Å². The molecule has 0 saturated carbocycles. The predicted octanol–water partition coefficient (Wildman–Crippen LogP) is 6.33. The standard InChI is InChI=1S/C34H35N3O2/c38-33(27-13-4-3-5-14-27)36-24-22-35(23-25-36)20-10-1-2-11-21-37-32-28-15-7-6-12-26(28)18-19-30(32)29-16-8-9-17-31(29)34(37)39/h3-9,12-19H,1-2,10-11,20-25H2. The largest absolute Gasteiger partial charge is 0.336 e. The summed E-state index contributed by atoms with van der Waals surface area (Å²) in [5.74, 6) is 0.138. The fourth-order valence-corrected chi connectivity index (χ4v) is 6.02. The van der Waals surface area contributed by atoms with Crippen molar-refractivity contribution in [3.63, 3.8) is 0 Å². The Morgan fingerprint density at radius 1 is 0.590 bits per heavy atom. The quantitative estimate of drug-likeness (QED) is 0.179. The fraction of sp³-hybridized carbons (Fsp3) is 0.294. The number of hydrogen-bond donors (Lipinski definition) is 0. The number of benzene rings is 4. The van der Waals surface area contributed by atoms with Crippen molar-refractivity contribution in [3.05, 3.63) is 107 Å². The lowest BCUT2D eigenvalue weighted by molar-refractivity contribution is 0.0635. The molecule has 1 aromatic heterocycles. The van der Waals surface area contributed by atoms with Gasteiger partial charge in [-0.3, -0.25) is 14.5 Å². The molecular weight excluding hydrogens is 482 g/mol. The molecule has 0 N–H and O–H groups in total. The zero-order valence-corrected chi connectivity index (χ0v) is 22.4. The first-order chi connectivity index (χ1) is 19.2. The molecule has 198 valence electrons. The van der Waals surface area contributed by atoms with Crippen molar-refractivity contribution in [2.24, 2.45) is 0 Å². The number of fused-ring (bicyclic) bond motifs is 5. The lowest BCUT2D eigenvalue weighted by atomic mass is 10.0. The molecule has 1 saturated heterocycles. The summed E-state index contributed by atoms with van der Waals surface area (Å²) in [5.41, 5.74) is 1.94. The molecule has 2 heterocycles. The van der Waals surface area contributed by atoms with Gasteiger partial charge in [0, 0.05) is 54.4 Å². The summed E-state index contributed by atoms with van der Waals surface area (Å²) < 4.78 is 2.02. The lowest BCUT2D eigenvalue weighted by Gasteiger charge is -2.34. The highest BCUT2D eigenvalue weighted by molar-refractivity contribution is 6.15. The van der Waals surface area contributed by atoms with Crippen LogP contribution in [0.3, 0.4) is 0 Å². The van der Waals surface area contributed by atoms with Gasteiger partial charge < -0.3 is 9.47 Å². The molecule has 5 heteroatoms. The van der Waals surface area contributed by atoms with Crippen molar-refractivity contribution in [1.82, 2.24) is 14.4 Å². The minimum absolute atomic E-state index is 0.109. The second kappa shape index (κ2) is 11.4. The smallest absolute Gasteiger partial charge is 0.258 e. The van der Waals surface area contributed by atoms with Gasteiger partial charge in [-0.15, -0.1) is 0 Å². The van der Waals surface area contributed by atoms with Crippen LogP contribution < -0.4 is 5.56 Å². The Kier molecular flexibility index (Phi) is 7.42. The summed E-state index contributed by atoms with van der Waals surface area (Å²) in [7, 11) is 0. The Morgan fingerprint density at radius 3 is 2.00 bits per heavy atom. The fourth-order valence-electron chi connectivity index (χ4n) is 6.02. The molecule has 0 radical (unpaired) electrons. The van der Waals surface area contributed by atoms with Crippen LogP contribution in [0.15, 0.2) is 95.8 Å². The number of carbonyl (C=O) groups is 1. The third-order valence-corrected chi connectivity index (χ3v) is 8.15. The van der Waals surface area contributed by atoms with Gasteiger partial charge in [-0.25, -0.2) is 0 Å². The molecule has 1 fully saturated rings. The maximum absolute atomic E-state index is 13.6. The highest BCUT2D eigenvalue weighted by atomic mass is 16.2. The SMILES string of the molecule is O=C(c1ccccc1)N1CCN(CCCCCCn2c(=O)c3ccccc3c3ccc4ccccc4c32)CC1. The van der Waals surface area contributed by atoms with E-state index in [4.69, 9.17) is 0 Å². The van der Waals surface area contributed by atoms with Crippen molar-refractivity contribution in [2.75, 3.05) is 32.7 Å². The van der Waals surface area contributed by atoms with Crippen molar-refractivity contribution < 1.29 is 4.79 Å². The second-order valence-corrected chi connectivity index (χ2v) is 10.6. The van der Waals surface area contributed by atoms with E-state index in [1.165, 1.54) is 5.39 Å². The summed E-state index contributed by atoms with van der Waals surface area (Å²) in [6.07, 6.45) is 4.36. The number of pyridine rings is 1. The Balaban J connectivity index is 1.06. The van der Waals surface area contributed by atoms with Gasteiger partial charge in [0.05, 0.1) is 5.52 Å². The molecule has 5 nitrogen and oxygen atoms in total. The van der Waals surface area contributed by atoms with Crippen LogP contribution in [0.25, 0.3) is 32.4 Å². The van der Waals surface area contributed by atoms with E-state index in [2.05, 4.69) is 47.4 Å². The number of aromatic nitrogens is 1. The van der Waals surface area contributed by atoms with Crippen molar-refractivity contribution >= 4 is 38.4 Å².